The van der Waals surface area contributed by atoms with E-state index in [9.17, 15) is 4.79 Å². The fraction of sp³-hybridized carbons (Fsp3) is 0.250. The second-order valence-electron chi connectivity index (χ2n) is 2.00. The van der Waals surface area contributed by atoms with Crippen molar-refractivity contribution in [1.29, 1.82) is 0 Å². The Bertz CT molecular complexity index is 241. The predicted octanol–water partition coefficient (Wildman–Crippen LogP) is 0.594. The summed E-state index contributed by atoms with van der Waals surface area (Å²) in [7, 11) is 0. The van der Waals surface area contributed by atoms with Crippen molar-refractivity contribution in [3.8, 4) is 0 Å². The van der Waals surface area contributed by atoms with Gasteiger partial charge in [0.1, 0.15) is 0 Å². The molecule has 66 valence electrons. The number of hydrogen-bond donors (Lipinski definition) is 2. The summed E-state index contributed by atoms with van der Waals surface area (Å²) in [6, 6.07) is 0. The molecule has 4 nitrogen and oxygen atoms in total. The van der Waals surface area contributed by atoms with Gasteiger partial charge in [-0.1, -0.05) is 6.08 Å². The van der Waals surface area contributed by atoms with Gasteiger partial charge in [0.15, 0.2) is 0 Å². The van der Waals surface area contributed by atoms with Crippen molar-refractivity contribution in [2.24, 2.45) is 4.99 Å². The molecule has 0 amide bonds. The third-order valence-corrected chi connectivity index (χ3v) is 1.25. The van der Waals surface area contributed by atoms with Crippen LogP contribution in [0.1, 0.15) is 6.92 Å². The Morgan fingerprint density at radius 1 is 1.67 bits per heavy atom. The van der Waals surface area contributed by atoms with E-state index >= 15 is 0 Å². The highest BCUT2D eigenvalue weighted by molar-refractivity contribution is 5.89. The van der Waals surface area contributed by atoms with Crippen molar-refractivity contribution in [3.63, 3.8) is 0 Å². The fourth-order valence-corrected chi connectivity index (χ4v) is 0.589. The Morgan fingerprint density at radius 3 is 2.50 bits per heavy atom. The number of aliphatic carboxylic acids is 1. The standard InChI is InChI=1S/C8H11NO3/c1-3-6(8(11)12)4-7(5-10)9-2/h3-4,10H,2,5H2,1H3,(H,11,12). The van der Waals surface area contributed by atoms with E-state index in [2.05, 4.69) is 11.7 Å². The van der Waals surface area contributed by atoms with E-state index in [0.717, 1.165) is 0 Å². The molecule has 2 N–H and O–H groups in total. The number of hydrogen-bond acceptors (Lipinski definition) is 3. The number of aliphatic imine (C=N–C) groups is 1. The van der Waals surface area contributed by atoms with Crippen LogP contribution < -0.4 is 0 Å². The number of nitrogens with zero attached hydrogens (tertiary/aromatic N) is 1. The van der Waals surface area contributed by atoms with E-state index in [1.807, 2.05) is 0 Å². The SMILES string of the molecule is C=NC(=CC(=CC)C(=O)O)CO. The van der Waals surface area contributed by atoms with E-state index in [1.54, 1.807) is 6.92 Å². The normalized spacial score (nSPS) is 12.8. The average Bonchev–Trinajstić information content (AvgIpc) is 2.06. The van der Waals surface area contributed by atoms with Gasteiger partial charge in [0.25, 0.3) is 0 Å². The van der Waals surface area contributed by atoms with Gasteiger partial charge >= 0.3 is 5.97 Å². The van der Waals surface area contributed by atoms with Crippen LogP contribution >= 0.6 is 0 Å². The zero-order valence-corrected chi connectivity index (χ0v) is 6.82. The van der Waals surface area contributed by atoms with E-state index in [4.69, 9.17) is 10.2 Å². The number of rotatable bonds is 4. The van der Waals surface area contributed by atoms with Crippen LogP contribution in [0.25, 0.3) is 0 Å². The minimum absolute atomic E-state index is 0.0893. The Labute approximate surface area is 70.6 Å². The first-order valence-corrected chi connectivity index (χ1v) is 3.33. The van der Waals surface area contributed by atoms with Gasteiger partial charge in [-0.15, -0.1) is 0 Å². The predicted molar refractivity (Wildman–Crippen MR) is 46.1 cm³/mol. The van der Waals surface area contributed by atoms with Crippen LogP contribution in [0.3, 0.4) is 0 Å². The summed E-state index contributed by atoms with van der Waals surface area (Å²) >= 11 is 0. The van der Waals surface area contributed by atoms with Gasteiger partial charge in [0.2, 0.25) is 0 Å². The smallest absolute Gasteiger partial charge is 0.335 e. The molecule has 0 spiro atoms. The highest BCUT2D eigenvalue weighted by atomic mass is 16.4. The van der Waals surface area contributed by atoms with E-state index in [-0.39, 0.29) is 17.9 Å². The third kappa shape index (κ3) is 3.12. The molecule has 0 fully saturated rings. The van der Waals surface area contributed by atoms with Crippen molar-refractivity contribution in [2.45, 2.75) is 6.92 Å². The van der Waals surface area contributed by atoms with E-state index in [0.29, 0.717) is 0 Å². The number of carbonyl (C=O) groups is 1. The van der Waals surface area contributed by atoms with Crippen LogP contribution in [-0.4, -0.2) is 29.5 Å². The van der Waals surface area contributed by atoms with Gasteiger partial charge in [-0.3, -0.25) is 4.99 Å². The number of allylic oxidation sites excluding steroid dienone is 1. The topological polar surface area (TPSA) is 69.9 Å². The first-order valence-electron chi connectivity index (χ1n) is 3.33. The first-order chi connectivity index (χ1) is 5.65. The van der Waals surface area contributed by atoms with Crippen LogP contribution in [-0.2, 0) is 4.79 Å². The zero-order valence-electron chi connectivity index (χ0n) is 6.82. The van der Waals surface area contributed by atoms with Gasteiger partial charge in [-0.25, -0.2) is 4.79 Å². The molecule has 0 aliphatic heterocycles. The molecule has 0 aromatic rings. The van der Waals surface area contributed by atoms with Crippen LogP contribution in [0.15, 0.2) is 28.4 Å². The van der Waals surface area contributed by atoms with Crippen LogP contribution in [0, 0.1) is 0 Å². The molecule has 0 heterocycles. The van der Waals surface area contributed by atoms with Crippen molar-refractivity contribution in [2.75, 3.05) is 6.61 Å². The monoisotopic (exact) mass is 169 g/mol. The Balaban J connectivity index is 4.68. The van der Waals surface area contributed by atoms with Crippen molar-refractivity contribution in [1.82, 2.24) is 0 Å². The minimum Gasteiger partial charge on any atom is -0.478 e. The number of aliphatic hydroxyl groups excluding tert-OH is 1. The molecular weight excluding hydrogens is 158 g/mol. The summed E-state index contributed by atoms with van der Waals surface area (Å²) < 4.78 is 0. The molecule has 0 saturated heterocycles. The quantitative estimate of drug-likeness (QED) is 0.367. The summed E-state index contributed by atoms with van der Waals surface area (Å²) in [6.45, 7) is 4.46. The lowest BCUT2D eigenvalue weighted by atomic mass is 10.2. The second kappa shape index (κ2) is 5.26. The maximum Gasteiger partial charge on any atom is 0.335 e. The third-order valence-electron chi connectivity index (χ3n) is 1.25. The number of carboxylic acid groups (broad SMARTS) is 1. The minimum atomic E-state index is -1.05. The summed E-state index contributed by atoms with van der Waals surface area (Å²) in [4.78, 5) is 13.9. The zero-order chi connectivity index (χ0) is 9.56. The molecule has 0 radical (unpaired) electrons. The highest BCUT2D eigenvalue weighted by Crippen LogP contribution is 2.03. The molecule has 0 aliphatic carbocycles. The summed E-state index contributed by atoms with van der Waals surface area (Å²) in [5.74, 6) is -1.05. The van der Waals surface area contributed by atoms with Gasteiger partial charge < -0.3 is 10.2 Å². The van der Waals surface area contributed by atoms with Crippen LogP contribution in [0.2, 0.25) is 0 Å². The molecule has 12 heavy (non-hydrogen) atoms. The molecule has 0 bridgehead atoms. The Morgan fingerprint density at radius 2 is 2.25 bits per heavy atom. The van der Waals surface area contributed by atoms with E-state index < -0.39 is 5.97 Å². The van der Waals surface area contributed by atoms with Crippen molar-refractivity contribution in [3.05, 3.63) is 23.4 Å². The summed E-state index contributed by atoms with van der Waals surface area (Å²) in [5, 5.41) is 17.2. The Hall–Kier alpha value is -1.42. The van der Waals surface area contributed by atoms with Gasteiger partial charge in [-0.2, -0.15) is 0 Å². The van der Waals surface area contributed by atoms with Crippen LogP contribution in [0.4, 0.5) is 0 Å². The fourth-order valence-electron chi connectivity index (χ4n) is 0.589. The molecule has 0 aromatic carbocycles. The lowest BCUT2D eigenvalue weighted by Crippen LogP contribution is -1.99. The average molecular weight is 169 g/mol. The molecule has 0 unspecified atom stereocenters. The molecule has 0 rings (SSSR count). The first kappa shape index (κ1) is 10.6. The highest BCUT2D eigenvalue weighted by Gasteiger charge is 2.02. The number of carboxylic acids is 1. The lowest BCUT2D eigenvalue weighted by molar-refractivity contribution is -0.132. The maximum atomic E-state index is 10.4. The molecule has 0 saturated carbocycles. The molecule has 0 aliphatic rings. The van der Waals surface area contributed by atoms with Gasteiger partial charge in [0.05, 0.1) is 17.9 Å². The Kier molecular flexibility index (Phi) is 4.64. The van der Waals surface area contributed by atoms with Crippen molar-refractivity contribution >= 4 is 12.7 Å². The molecule has 4 heteroatoms. The molecular formula is C8H11NO3. The second-order valence-corrected chi connectivity index (χ2v) is 2.00. The largest absolute Gasteiger partial charge is 0.478 e. The summed E-state index contributed by atoms with van der Waals surface area (Å²) in [6.07, 6.45) is 2.69. The van der Waals surface area contributed by atoms with Gasteiger partial charge in [0, 0.05) is 0 Å². The van der Waals surface area contributed by atoms with Crippen molar-refractivity contribution < 1.29 is 15.0 Å². The lowest BCUT2D eigenvalue weighted by Gasteiger charge is -1.96. The summed E-state index contributed by atoms with van der Waals surface area (Å²) in [5.41, 5.74) is 0.331. The van der Waals surface area contributed by atoms with E-state index in [1.165, 1.54) is 12.2 Å². The molecule has 0 atom stereocenters. The number of aliphatic hydroxyl groups is 1. The van der Waals surface area contributed by atoms with Gasteiger partial charge in [-0.05, 0) is 19.7 Å². The molecule has 0 aromatic heterocycles. The van der Waals surface area contributed by atoms with Crippen LogP contribution in [0.5, 0.6) is 0 Å². The maximum absolute atomic E-state index is 10.4.